The Morgan fingerprint density at radius 2 is 2.16 bits per heavy atom. The topological polar surface area (TPSA) is 128 Å². The van der Waals surface area contributed by atoms with Gasteiger partial charge in [-0.2, -0.15) is 0 Å². The summed E-state index contributed by atoms with van der Waals surface area (Å²) in [6.07, 6.45) is 3.33. The fraction of sp³-hybridized carbons (Fsp3) is 0.429. The van der Waals surface area contributed by atoms with Gasteiger partial charge in [0.05, 0.1) is 48.8 Å². The van der Waals surface area contributed by atoms with Crippen LogP contribution >= 0.6 is 0 Å². The van der Waals surface area contributed by atoms with Crippen molar-refractivity contribution in [1.29, 1.82) is 0 Å². The van der Waals surface area contributed by atoms with Crippen molar-refractivity contribution >= 4 is 28.2 Å². The molecule has 1 saturated heterocycles. The summed E-state index contributed by atoms with van der Waals surface area (Å²) in [5, 5.41) is 17.1. The van der Waals surface area contributed by atoms with E-state index in [-0.39, 0.29) is 23.9 Å². The molecule has 0 radical (unpaired) electrons. The normalized spacial score (nSPS) is 19.5. The molecule has 5 N–H and O–H groups in total. The number of aromatic nitrogens is 1. The number of fused-ring (bicyclic) bond motifs is 1. The highest BCUT2D eigenvalue weighted by Gasteiger charge is 2.30. The SMILES string of the molecule is COc1cc2c(Nc3cccc(CO)c3C)c(C(N)=O)cnc2cc1OCCC[C@@]1(C)CNC[C@H](C)O1. The number of ether oxygens (including phenoxy) is 3. The van der Waals surface area contributed by atoms with Crippen LogP contribution in [0.3, 0.4) is 0 Å². The van der Waals surface area contributed by atoms with E-state index in [2.05, 4.69) is 29.5 Å². The average molecular weight is 509 g/mol. The number of nitrogens with zero attached hydrogens (tertiary/aromatic N) is 1. The molecule has 3 aromatic rings. The fourth-order valence-electron chi connectivity index (χ4n) is 4.80. The molecule has 2 atom stereocenters. The molecule has 4 rings (SSSR count). The number of methoxy groups -OCH3 is 1. The molecular formula is C28H36N4O5. The number of morpholine rings is 1. The third kappa shape index (κ3) is 5.95. The lowest BCUT2D eigenvalue weighted by Crippen LogP contribution is -2.51. The van der Waals surface area contributed by atoms with Crippen LogP contribution in [0.2, 0.25) is 0 Å². The zero-order chi connectivity index (χ0) is 26.6. The van der Waals surface area contributed by atoms with Gasteiger partial charge in [-0.15, -0.1) is 0 Å². The van der Waals surface area contributed by atoms with Crippen LogP contribution in [0.15, 0.2) is 36.5 Å². The van der Waals surface area contributed by atoms with E-state index in [0.717, 1.165) is 42.7 Å². The summed E-state index contributed by atoms with van der Waals surface area (Å²) < 4.78 is 17.9. The van der Waals surface area contributed by atoms with Crippen LogP contribution in [-0.4, -0.2) is 54.5 Å². The molecule has 1 aliphatic rings. The first-order valence-electron chi connectivity index (χ1n) is 12.5. The standard InChI is InChI=1S/C28H36N4O5/c1-17-13-30-16-28(3,37-17)9-6-10-36-25-12-23-20(11-24(25)35-4)26(21(14-31-23)27(29)34)32-22-8-5-7-19(15-33)18(22)2/h5,7-8,11-12,14,17,30,33H,6,9-10,13,15-16H2,1-4H3,(H2,29,34)(H,31,32)/t17-,28-/m0/s1. The number of carbonyl (C=O) groups is 1. The van der Waals surface area contributed by atoms with E-state index in [1.807, 2.05) is 31.2 Å². The van der Waals surface area contributed by atoms with Gasteiger partial charge in [0, 0.05) is 36.4 Å². The van der Waals surface area contributed by atoms with E-state index in [1.54, 1.807) is 13.2 Å². The molecule has 1 aliphatic heterocycles. The van der Waals surface area contributed by atoms with Gasteiger partial charge in [-0.25, -0.2) is 0 Å². The number of rotatable bonds is 10. The monoisotopic (exact) mass is 508 g/mol. The van der Waals surface area contributed by atoms with E-state index in [4.69, 9.17) is 19.9 Å². The van der Waals surface area contributed by atoms with Gasteiger partial charge in [-0.1, -0.05) is 12.1 Å². The maximum absolute atomic E-state index is 12.3. The number of nitrogens with one attached hydrogen (secondary N) is 2. The summed E-state index contributed by atoms with van der Waals surface area (Å²) in [6.45, 7) is 8.20. The summed E-state index contributed by atoms with van der Waals surface area (Å²) in [4.78, 5) is 16.7. The fourth-order valence-corrected chi connectivity index (χ4v) is 4.80. The van der Waals surface area contributed by atoms with E-state index < -0.39 is 5.91 Å². The highest BCUT2D eigenvalue weighted by Crippen LogP contribution is 2.38. The minimum absolute atomic E-state index is 0.0868. The predicted octanol–water partition coefficient (Wildman–Crippen LogP) is 3.81. The number of amides is 1. The van der Waals surface area contributed by atoms with Crippen LogP contribution in [0.4, 0.5) is 11.4 Å². The number of benzene rings is 2. The Bertz CT molecular complexity index is 1280. The van der Waals surface area contributed by atoms with Gasteiger partial charge < -0.3 is 35.7 Å². The number of hydrogen-bond acceptors (Lipinski definition) is 8. The number of aliphatic hydroxyl groups excluding tert-OH is 1. The number of carbonyl (C=O) groups excluding carboxylic acids is 1. The first-order chi connectivity index (χ1) is 17.7. The van der Waals surface area contributed by atoms with Gasteiger partial charge in [-0.3, -0.25) is 9.78 Å². The lowest BCUT2D eigenvalue weighted by molar-refractivity contribution is -0.103. The minimum atomic E-state index is -0.602. The summed E-state index contributed by atoms with van der Waals surface area (Å²) in [6, 6.07) is 9.19. The molecule has 0 bridgehead atoms. The van der Waals surface area contributed by atoms with Crippen LogP contribution in [-0.2, 0) is 11.3 Å². The maximum atomic E-state index is 12.3. The highest BCUT2D eigenvalue weighted by molar-refractivity contribution is 6.08. The molecule has 1 amide bonds. The van der Waals surface area contributed by atoms with Crippen molar-refractivity contribution in [2.24, 2.45) is 5.73 Å². The lowest BCUT2D eigenvalue weighted by atomic mass is 9.98. The second kappa shape index (κ2) is 11.3. The summed E-state index contributed by atoms with van der Waals surface area (Å²) >= 11 is 0. The lowest BCUT2D eigenvalue weighted by Gasteiger charge is -2.38. The number of nitrogens with two attached hydrogens (primary N) is 1. The minimum Gasteiger partial charge on any atom is -0.493 e. The summed E-state index contributed by atoms with van der Waals surface area (Å²) in [7, 11) is 1.57. The average Bonchev–Trinajstić information content (AvgIpc) is 2.87. The number of anilines is 2. The van der Waals surface area contributed by atoms with Gasteiger partial charge in [0.2, 0.25) is 0 Å². The van der Waals surface area contributed by atoms with Crippen molar-refractivity contribution in [2.45, 2.75) is 51.9 Å². The molecule has 2 heterocycles. The van der Waals surface area contributed by atoms with Crippen LogP contribution in [0.25, 0.3) is 10.9 Å². The zero-order valence-electron chi connectivity index (χ0n) is 21.9. The van der Waals surface area contributed by atoms with E-state index in [0.29, 0.717) is 34.7 Å². The molecule has 0 spiro atoms. The van der Waals surface area contributed by atoms with Gasteiger partial charge >= 0.3 is 0 Å². The van der Waals surface area contributed by atoms with Gasteiger partial charge in [0.15, 0.2) is 11.5 Å². The third-order valence-corrected chi connectivity index (χ3v) is 6.82. The first-order valence-corrected chi connectivity index (χ1v) is 12.5. The maximum Gasteiger partial charge on any atom is 0.252 e. The van der Waals surface area contributed by atoms with E-state index >= 15 is 0 Å². The van der Waals surface area contributed by atoms with Crippen LogP contribution < -0.4 is 25.8 Å². The summed E-state index contributed by atoms with van der Waals surface area (Å²) in [5.74, 6) is 0.490. The molecule has 1 aromatic heterocycles. The number of aliphatic hydroxyl groups is 1. The Kier molecular flexibility index (Phi) is 8.16. The third-order valence-electron chi connectivity index (χ3n) is 6.82. The smallest absolute Gasteiger partial charge is 0.252 e. The van der Waals surface area contributed by atoms with Crippen LogP contribution in [0, 0.1) is 6.92 Å². The molecule has 37 heavy (non-hydrogen) atoms. The van der Waals surface area contributed by atoms with E-state index in [9.17, 15) is 9.90 Å². The molecule has 9 heteroatoms. The predicted molar refractivity (Wildman–Crippen MR) is 144 cm³/mol. The molecule has 0 unspecified atom stereocenters. The number of pyridine rings is 1. The van der Waals surface area contributed by atoms with Crippen molar-refractivity contribution in [3.63, 3.8) is 0 Å². The number of hydrogen-bond donors (Lipinski definition) is 4. The quantitative estimate of drug-likeness (QED) is 0.305. The van der Waals surface area contributed by atoms with Crippen molar-refractivity contribution in [3.8, 4) is 11.5 Å². The molecule has 0 saturated carbocycles. The Labute approximate surface area is 217 Å². The first kappa shape index (κ1) is 26.7. The van der Waals surface area contributed by atoms with Crippen molar-refractivity contribution in [3.05, 3.63) is 53.2 Å². The second-order valence-electron chi connectivity index (χ2n) is 9.77. The molecule has 9 nitrogen and oxygen atoms in total. The largest absolute Gasteiger partial charge is 0.493 e. The van der Waals surface area contributed by atoms with Gasteiger partial charge in [0.25, 0.3) is 5.91 Å². The van der Waals surface area contributed by atoms with Gasteiger partial charge in [0.1, 0.15) is 0 Å². The van der Waals surface area contributed by atoms with Crippen molar-refractivity contribution in [2.75, 3.05) is 32.1 Å². The zero-order valence-corrected chi connectivity index (χ0v) is 21.9. The highest BCUT2D eigenvalue weighted by atomic mass is 16.5. The molecule has 1 fully saturated rings. The summed E-state index contributed by atoms with van der Waals surface area (Å²) in [5.41, 5.74) is 9.28. The Balaban J connectivity index is 1.60. The number of primary amides is 1. The van der Waals surface area contributed by atoms with Crippen LogP contribution in [0.1, 0.15) is 48.2 Å². The van der Waals surface area contributed by atoms with Crippen LogP contribution in [0.5, 0.6) is 11.5 Å². The Morgan fingerprint density at radius 1 is 1.35 bits per heavy atom. The van der Waals surface area contributed by atoms with E-state index in [1.165, 1.54) is 6.20 Å². The molecular weight excluding hydrogens is 472 g/mol. The van der Waals surface area contributed by atoms with Crippen molar-refractivity contribution in [1.82, 2.24) is 10.3 Å². The van der Waals surface area contributed by atoms with Crippen molar-refractivity contribution < 1.29 is 24.1 Å². The molecule has 198 valence electrons. The Hall–Kier alpha value is -3.40. The Morgan fingerprint density at radius 3 is 2.86 bits per heavy atom. The second-order valence-corrected chi connectivity index (χ2v) is 9.77. The van der Waals surface area contributed by atoms with Gasteiger partial charge in [-0.05, 0) is 56.9 Å². The molecule has 2 aromatic carbocycles. The molecule has 0 aliphatic carbocycles.